The van der Waals surface area contributed by atoms with Crippen LogP contribution < -0.4 is 5.73 Å². The van der Waals surface area contributed by atoms with Gasteiger partial charge < -0.3 is 19.5 Å². The minimum absolute atomic E-state index is 0.0792. The Bertz CT molecular complexity index is 685. The second kappa shape index (κ2) is 5.22. The van der Waals surface area contributed by atoms with E-state index in [1.165, 1.54) is 12.1 Å². The quantitative estimate of drug-likeness (QED) is 0.286. The molecule has 0 unspecified atom stereocenters. The van der Waals surface area contributed by atoms with Gasteiger partial charge in [0.1, 0.15) is 10.7 Å². The molecule has 2 aromatic rings. The number of nitrogens with zero attached hydrogens (tertiary/aromatic N) is 3. The Morgan fingerprint density at radius 1 is 1.55 bits per heavy atom. The van der Waals surface area contributed by atoms with Crippen LogP contribution in [0.25, 0.3) is 0 Å². The number of furan rings is 1. The standard InChI is InChI=1S/C10H8N4O6/c1-5-4-6(12-19-5)10(15)20-13-9(11)7-2-3-8(18-7)14(16)17/h2-4H,1H3,(H2,11,13). The Hall–Kier alpha value is -3.17. The van der Waals surface area contributed by atoms with Crippen LogP contribution in [0.4, 0.5) is 5.88 Å². The molecule has 0 fully saturated rings. The highest BCUT2D eigenvalue weighted by Crippen LogP contribution is 2.15. The number of carbonyl (C=O) groups is 1. The van der Waals surface area contributed by atoms with E-state index in [-0.39, 0.29) is 17.3 Å². The summed E-state index contributed by atoms with van der Waals surface area (Å²) in [5.74, 6) is -1.38. The molecule has 20 heavy (non-hydrogen) atoms. The molecule has 10 heteroatoms. The number of nitro groups is 1. The average Bonchev–Trinajstić information content (AvgIpc) is 3.04. The van der Waals surface area contributed by atoms with Gasteiger partial charge in [-0.05, 0) is 13.0 Å². The van der Waals surface area contributed by atoms with Crippen molar-refractivity contribution in [3.63, 3.8) is 0 Å². The van der Waals surface area contributed by atoms with Gasteiger partial charge in [-0.2, -0.15) is 0 Å². The number of amidine groups is 1. The third kappa shape index (κ3) is 2.80. The van der Waals surface area contributed by atoms with E-state index in [9.17, 15) is 14.9 Å². The molecule has 0 saturated carbocycles. The third-order valence-corrected chi connectivity index (χ3v) is 2.09. The van der Waals surface area contributed by atoms with E-state index >= 15 is 0 Å². The second-order valence-corrected chi connectivity index (χ2v) is 3.57. The molecule has 0 aliphatic rings. The molecule has 0 aliphatic heterocycles. The van der Waals surface area contributed by atoms with Gasteiger partial charge in [-0.1, -0.05) is 10.3 Å². The molecule has 0 aromatic carbocycles. The monoisotopic (exact) mass is 280 g/mol. The van der Waals surface area contributed by atoms with Gasteiger partial charge in [-0.15, -0.1) is 0 Å². The van der Waals surface area contributed by atoms with Gasteiger partial charge in [-0.3, -0.25) is 10.1 Å². The van der Waals surface area contributed by atoms with Crippen LogP contribution in [0.3, 0.4) is 0 Å². The molecule has 0 spiro atoms. The van der Waals surface area contributed by atoms with Crippen molar-refractivity contribution in [2.45, 2.75) is 6.92 Å². The van der Waals surface area contributed by atoms with Crippen LogP contribution in [0, 0.1) is 17.0 Å². The maximum atomic E-state index is 11.5. The van der Waals surface area contributed by atoms with Gasteiger partial charge in [0, 0.05) is 6.07 Å². The molecule has 2 aromatic heterocycles. The minimum Gasteiger partial charge on any atom is -0.397 e. The zero-order chi connectivity index (χ0) is 14.7. The topological polar surface area (TPSA) is 147 Å². The maximum absolute atomic E-state index is 11.5. The van der Waals surface area contributed by atoms with E-state index in [4.69, 9.17) is 10.2 Å². The van der Waals surface area contributed by atoms with E-state index in [1.54, 1.807) is 6.92 Å². The predicted octanol–water partition coefficient (Wildman–Crippen LogP) is 0.962. The minimum atomic E-state index is -0.883. The number of hydrogen-bond donors (Lipinski definition) is 1. The molecule has 10 nitrogen and oxygen atoms in total. The number of aromatic nitrogens is 1. The SMILES string of the molecule is Cc1cc(C(=O)ON=C(N)c2ccc([N+](=O)[O-])o2)no1. The molecule has 2 rings (SSSR count). The Morgan fingerprint density at radius 3 is 2.85 bits per heavy atom. The molecule has 104 valence electrons. The van der Waals surface area contributed by atoms with E-state index < -0.39 is 16.8 Å². The highest BCUT2D eigenvalue weighted by molar-refractivity contribution is 5.95. The van der Waals surface area contributed by atoms with Crippen LogP contribution in [-0.4, -0.2) is 21.9 Å². The summed E-state index contributed by atoms with van der Waals surface area (Å²) >= 11 is 0. The molecular formula is C10H8N4O6. The summed E-state index contributed by atoms with van der Waals surface area (Å²) in [5, 5.41) is 17.1. The molecule has 0 bridgehead atoms. The van der Waals surface area contributed by atoms with Gasteiger partial charge in [0.25, 0.3) is 0 Å². The van der Waals surface area contributed by atoms with Crippen LogP contribution >= 0.6 is 0 Å². The van der Waals surface area contributed by atoms with E-state index in [1.807, 2.05) is 0 Å². The average molecular weight is 280 g/mol. The lowest BCUT2D eigenvalue weighted by Crippen LogP contribution is -2.14. The van der Waals surface area contributed by atoms with Gasteiger partial charge in [-0.25, -0.2) is 4.79 Å². The third-order valence-electron chi connectivity index (χ3n) is 2.09. The molecule has 0 radical (unpaired) electrons. The summed E-state index contributed by atoms with van der Waals surface area (Å²) in [4.78, 5) is 25.6. The molecular weight excluding hydrogens is 272 g/mol. The zero-order valence-electron chi connectivity index (χ0n) is 10.1. The molecule has 0 atom stereocenters. The Kier molecular flexibility index (Phi) is 3.46. The highest BCUT2D eigenvalue weighted by atomic mass is 16.7. The normalized spacial score (nSPS) is 11.3. The fraction of sp³-hybridized carbons (Fsp3) is 0.100. The van der Waals surface area contributed by atoms with Crippen molar-refractivity contribution in [2.24, 2.45) is 10.9 Å². The van der Waals surface area contributed by atoms with Crippen LogP contribution in [-0.2, 0) is 4.84 Å². The second-order valence-electron chi connectivity index (χ2n) is 3.57. The number of rotatable bonds is 4. The predicted molar refractivity (Wildman–Crippen MR) is 62.7 cm³/mol. The highest BCUT2D eigenvalue weighted by Gasteiger charge is 2.16. The largest absolute Gasteiger partial charge is 0.433 e. The Labute approximate surface area is 110 Å². The fourth-order valence-corrected chi connectivity index (χ4v) is 1.21. The lowest BCUT2D eigenvalue weighted by Gasteiger charge is -1.95. The summed E-state index contributed by atoms with van der Waals surface area (Å²) in [6.45, 7) is 1.60. The Morgan fingerprint density at radius 2 is 2.30 bits per heavy atom. The van der Waals surface area contributed by atoms with Gasteiger partial charge in [0.2, 0.25) is 5.84 Å². The summed E-state index contributed by atoms with van der Waals surface area (Å²) in [7, 11) is 0. The van der Waals surface area contributed by atoms with Crippen LogP contribution in [0.1, 0.15) is 22.0 Å². The number of aryl methyl sites for hydroxylation is 1. The summed E-state index contributed by atoms with van der Waals surface area (Å²) in [6, 6.07) is 3.68. The summed E-state index contributed by atoms with van der Waals surface area (Å²) in [6.07, 6.45) is 0. The van der Waals surface area contributed by atoms with E-state index in [2.05, 4.69) is 19.7 Å². The molecule has 2 N–H and O–H groups in total. The van der Waals surface area contributed by atoms with Gasteiger partial charge in [0.15, 0.2) is 11.5 Å². The summed E-state index contributed by atoms with van der Waals surface area (Å²) in [5.41, 5.74) is 5.37. The van der Waals surface area contributed by atoms with Gasteiger partial charge >= 0.3 is 11.9 Å². The van der Waals surface area contributed by atoms with Crippen LogP contribution in [0.15, 0.2) is 32.3 Å². The zero-order valence-corrected chi connectivity index (χ0v) is 10.1. The molecule has 0 saturated heterocycles. The van der Waals surface area contributed by atoms with Crippen molar-refractivity contribution in [1.29, 1.82) is 0 Å². The van der Waals surface area contributed by atoms with Crippen molar-refractivity contribution in [2.75, 3.05) is 0 Å². The number of hydrogen-bond acceptors (Lipinski definition) is 8. The van der Waals surface area contributed by atoms with Crippen molar-refractivity contribution in [3.05, 3.63) is 45.5 Å². The number of nitrogens with two attached hydrogens (primary N) is 1. The van der Waals surface area contributed by atoms with Crippen LogP contribution in [0.2, 0.25) is 0 Å². The first-order valence-electron chi connectivity index (χ1n) is 5.20. The van der Waals surface area contributed by atoms with Crippen molar-refractivity contribution in [1.82, 2.24) is 5.16 Å². The summed E-state index contributed by atoms with van der Waals surface area (Å²) < 4.78 is 9.45. The molecule has 0 amide bonds. The maximum Gasteiger partial charge on any atom is 0.433 e. The van der Waals surface area contributed by atoms with Crippen molar-refractivity contribution in [3.8, 4) is 0 Å². The first-order valence-corrected chi connectivity index (χ1v) is 5.20. The lowest BCUT2D eigenvalue weighted by atomic mass is 10.4. The van der Waals surface area contributed by atoms with Crippen LogP contribution in [0.5, 0.6) is 0 Å². The lowest BCUT2D eigenvalue weighted by molar-refractivity contribution is -0.402. The smallest absolute Gasteiger partial charge is 0.397 e. The molecule has 2 heterocycles. The van der Waals surface area contributed by atoms with Crippen molar-refractivity contribution < 1.29 is 23.5 Å². The van der Waals surface area contributed by atoms with E-state index in [0.717, 1.165) is 6.07 Å². The van der Waals surface area contributed by atoms with E-state index in [0.29, 0.717) is 5.76 Å². The molecule has 0 aliphatic carbocycles. The number of carbonyl (C=O) groups excluding carboxylic acids is 1. The van der Waals surface area contributed by atoms with Crippen molar-refractivity contribution >= 4 is 17.7 Å². The Balaban J connectivity index is 2.06. The fourth-order valence-electron chi connectivity index (χ4n) is 1.21. The number of oxime groups is 1. The van der Waals surface area contributed by atoms with Gasteiger partial charge in [0.05, 0.1) is 6.07 Å². The first kappa shape index (κ1) is 13.3. The first-order chi connectivity index (χ1) is 9.47.